The van der Waals surface area contributed by atoms with Crippen molar-refractivity contribution in [3.63, 3.8) is 0 Å². The third-order valence-electron chi connectivity index (χ3n) is 4.57. The van der Waals surface area contributed by atoms with Gasteiger partial charge in [-0.15, -0.1) is 10.2 Å². The van der Waals surface area contributed by atoms with E-state index in [0.29, 0.717) is 22.6 Å². The monoisotopic (exact) mass is 440 g/mol. The van der Waals surface area contributed by atoms with Gasteiger partial charge in [0.2, 0.25) is 5.91 Å². The van der Waals surface area contributed by atoms with Gasteiger partial charge in [-0.3, -0.25) is 4.79 Å². The third-order valence-corrected chi connectivity index (χ3v) is 5.59. The summed E-state index contributed by atoms with van der Waals surface area (Å²) < 4.78 is 7.58. The van der Waals surface area contributed by atoms with E-state index in [4.69, 9.17) is 9.84 Å². The van der Waals surface area contributed by atoms with Gasteiger partial charge in [0, 0.05) is 12.7 Å². The molecule has 162 valence electrons. The Bertz CT molecular complexity index is 1060. The number of anilines is 1. The Hall–Kier alpha value is -3.33. The number of carboxylic acid groups (broad SMARTS) is 1. The fraction of sp³-hybridized carbons (Fsp3) is 0.273. The maximum Gasteiger partial charge on any atom is 0.335 e. The number of hydrogen-bond acceptors (Lipinski definition) is 6. The van der Waals surface area contributed by atoms with Crippen molar-refractivity contribution >= 4 is 29.3 Å². The third kappa shape index (κ3) is 6.08. The molecule has 1 aromatic heterocycles. The highest BCUT2D eigenvalue weighted by Crippen LogP contribution is 2.21. The Morgan fingerprint density at radius 3 is 2.58 bits per heavy atom. The van der Waals surface area contributed by atoms with E-state index in [9.17, 15) is 9.59 Å². The minimum absolute atomic E-state index is 0.112. The van der Waals surface area contributed by atoms with E-state index in [2.05, 4.69) is 29.4 Å². The van der Waals surface area contributed by atoms with Crippen molar-refractivity contribution in [3.8, 4) is 5.75 Å². The van der Waals surface area contributed by atoms with Gasteiger partial charge in [-0.05, 0) is 41.8 Å². The van der Waals surface area contributed by atoms with Gasteiger partial charge in [0.25, 0.3) is 0 Å². The quantitative estimate of drug-likeness (QED) is 0.485. The van der Waals surface area contributed by atoms with E-state index in [1.54, 1.807) is 16.7 Å². The first-order valence-electron chi connectivity index (χ1n) is 9.70. The molecule has 0 aliphatic heterocycles. The van der Waals surface area contributed by atoms with Crippen LogP contribution in [0.4, 0.5) is 5.69 Å². The van der Waals surface area contributed by atoms with Crippen LogP contribution in [0.3, 0.4) is 0 Å². The Balaban J connectivity index is 1.52. The van der Waals surface area contributed by atoms with Crippen LogP contribution in [0.5, 0.6) is 5.75 Å². The van der Waals surface area contributed by atoms with Crippen molar-refractivity contribution in [3.05, 3.63) is 65.5 Å². The van der Waals surface area contributed by atoms with Crippen LogP contribution in [0.1, 0.15) is 41.5 Å². The summed E-state index contributed by atoms with van der Waals surface area (Å²) in [5, 5.41) is 20.6. The maximum atomic E-state index is 12.2. The molecule has 0 aliphatic carbocycles. The normalized spacial score (nSPS) is 10.8. The van der Waals surface area contributed by atoms with Crippen molar-refractivity contribution in [1.82, 2.24) is 14.8 Å². The lowest BCUT2D eigenvalue weighted by atomic mass is 10.0. The summed E-state index contributed by atoms with van der Waals surface area (Å²) in [5.74, 6) is 0.662. The Labute approximate surface area is 184 Å². The zero-order chi connectivity index (χ0) is 22.4. The highest BCUT2D eigenvalue weighted by molar-refractivity contribution is 7.99. The summed E-state index contributed by atoms with van der Waals surface area (Å²) in [7, 11) is 1.82. The number of carboxylic acids is 1. The van der Waals surface area contributed by atoms with Gasteiger partial charge in [0.15, 0.2) is 11.0 Å². The molecule has 0 aliphatic rings. The number of nitrogens with one attached hydrogen (secondary N) is 1. The number of aromatic carboxylic acids is 1. The SMILES string of the molecule is CC(C)c1ccc(OCc2nnc(SCC(=O)Nc3cccc(C(=O)O)c3)n2C)cc1. The molecule has 0 atom stereocenters. The van der Waals surface area contributed by atoms with Gasteiger partial charge in [-0.2, -0.15) is 0 Å². The molecule has 2 N–H and O–H groups in total. The van der Waals surface area contributed by atoms with Gasteiger partial charge in [0.05, 0.1) is 11.3 Å². The molecule has 31 heavy (non-hydrogen) atoms. The molecule has 1 amide bonds. The number of rotatable bonds is 9. The standard InChI is InChI=1S/C22H24N4O4S/c1-14(2)15-7-9-18(10-8-15)30-12-19-24-25-22(26(19)3)31-13-20(27)23-17-6-4-5-16(11-17)21(28)29/h4-11,14H,12-13H2,1-3H3,(H,23,27)(H,28,29). The molecule has 3 rings (SSSR count). The number of ether oxygens (including phenoxy) is 1. The summed E-state index contributed by atoms with van der Waals surface area (Å²) >= 11 is 1.24. The molecule has 1 heterocycles. The predicted molar refractivity (Wildman–Crippen MR) is 119 cm³/mol. The molecule has 0 spiro atoms. The van der Waals surface area contributed by atoms with Crippen molar-refractivity contribution in [2.24, 2.45) is 7.05 Å². The summed E-state index contributed by atoms with van der Waals surface area (Å²) in [5.41, 5.74) is 1.79. The summed E-state index contributed by atoms with van der Waals surface area (Å²) in [6.45, 7) is 4.54. The van der Waals surface area contributed by atoms with Gasteiger partial charge in [-0.25, -0.2) is 4.79 Å². The number of hydrogen-bond donors (Lipinski definition) is 2. The van der Waals surface area contributed by atoms with Crippen LogP contribution in [0.15, 0.2) is 53.7 Å². The van der Waals surface area contributed by atoms with Crippen molar-refractivity contribution in [2.75, 3.05) is 11.1 Å². The van der Waals surface area contributed by atoms with Crippen LogP contribution >= 0.6 is 11.8 Å². The summed E-state index contributed by atoms with van der Waals surface area (Å²) in [6.07, 6.45) is 0. The highest BCUT2D eigenvalue weighted by atomic mass is 32.2. The highest BCUT2D eigenvalue weighted by Gasteiger charge is 2.13. The van der Waals surface area contributed by atoms with E-state index in [1.807, 2.05) is 31.3 Å². The lowest BCUT2D eigenvalue weighted by molar-refractivity contribution is -0.113. The molecule has 2 aromatic carbocycles. The first kappa shape index (κ1) is 22.4. The molecule has 0 saturated carbocycles. The molecule has 9 heteroatoms. The Kier molecular flexibility index (Phi) is 7.30. The number of carbonyl (C=O) groups is 2. The van der Waals surface area contributed by atoms with Crippen LogP contribution in [0.2, 0.25) is 0 Å². The van der Waals surface area contributed by atoms with Crippen molar-refractivity contribution < 1.29 is 19.4 Å². The number of aromatic nitrogens is 3. The Morgan fingerprint density at radius 2 is 1.90 bits per heavy atom. The molecule has 0 fully saturated rings. The van der Waals surface area contributed by atoms with E-state index < -0.39 is 5.97 Å². The van der Waals surface area contributed by atoms with Gasteiger partial charge < -0.3 is 19.7 Å². The molecular weight excluding hydrogens is 416 g/mol. The maximum absolute atomic E-state index is 12.2. The average molecular weight is 441 g/mol. The summed E-state index contributed by atoms with van der Waals surface area (Å²) in [6, 6.07) is 14.1. The van der Waals surface area contributed by atoms with E-state index >= 15 is 0 Å². The lowest BCUT2D eigenvalue weighted by Crippen LogP contribution is -2.15. The largest absolute Gasteiger partial charge is 0.486 e. The van der Waals surface area contributed by atoms with E-state index in [-0.39, 0.29) is 23.8 Å². The first-order valence-corrected chi connectivity index (χ1v) is 10.7. The topological polar surface area (TPSA) is 106 Å². The van der Waals surface area contributed by atoms with E-state index in [1.165, 1.54) is 29.5 Å². The minimum Gasteiger partial charge on any atom is -0.486 e. The second-order valence-electron chi connectivity index (χ2n) is 7.19. The second kappa shape index (κ2) is 10.1. The van der Waals surface area contributed by atoms with Crippen LogP contribution in [-0.4, -0.2) is 37.5 Å². The first-order chi connectivity index (χ1) is 14.8. The number of thioether (sulfide) groups is 1. The number of amides is 1. The molecule has 0 saturated heterocycles. The number of carbonyl (C=O) groups excluding carboxylic acids is 1. The second-order valence-corrected chi connectivity index (χ2v) is 8.14. The molecule has 3 aromatic rings. The minimum atomic E-state index is -1.05. The molecular formula is C22H24N4O4S. The van der Waals surface area contributed by atoms with Crippen LogP contribution in [0, 0.1) is 0 Å². The number of benzene rings is 2. The van der Waals surface area contributed by atoms with E-state index in [0.717, 1.165) is 5.75 Å². The van der Waals surface area contributed by atoms with Gasteiger partial charge in [0.1, 0.15) is 12.4 Å². The molecule has 8 nitrogen and oxygen atoms in total. The van der Waals surface area contributed by atoms with Crippen LogP contribution in [0.25, 0.3) is 0 Å². The van der Waals surface area contributed by atoms with Crippen LogP contribution in [-0.2, 0) is 18.4 Å². The fourth-order valence-electron chi connectivity index (χ4n) is 2.75. The zero-order valence-electron chi connectivity index (χ0n) is 17.5. The molecule has 0 unspecified atom stereocenters. The fourth-order valence-corrected chi connectivity index (χ4v) is 3.48. The lowest BCUT2D eigenvalue weighted by Gasteiger charge is -2.09. The van der Waals surface area contributed by atoms with Gasteiger partial charge >= 0.3 is 5.97 Å². The Morgan fingerprint density at radius 1 is 1.16 bits per heavy atom. The van der Waals surface area contributed by atoms with Crippen molar-refractivity contribution in [1.29, 1.82) is 0 Å². The smallest absolute Gasteiger partial charge is 0.335 e. The molecule has 0 radical (unpaired) electrons. The van der Waals surface area contributed by atoms with Crippen LogP contribution < -0.4 is 10.1 Å². The molecule has 0 bridgehead atoms. The zero-order valence-corrected chi connectivity index (χ0v) is 18.3. The number of nitrogens with zero attached hydrogens (tertiary/aromatic N) is 3. The van der Waals surface area contributed by atoms with Crippen molar-refractivity contribution in [2.45, 2.75) is 31.5 Å². The van der Waals surface area contributed by atoms with Gasteiger partial charge in [-0.1, -0.05) is 43.8 Å². The average Bonchev–Trinajstić information content (AvgIpc) is 3.10. The predicted octanol–water partition coefficient (Wildman–Crippen LogP) is 3.95. The summed E-state index contributed by atoms with van der Waals surface area (Å²) in [4.78, 5) is 23.2.